The fraction of sp³-hybridized carbons (Fsp3) is 0. The zero-order valence-corrected chi connectivity index (χ0v) is 23.2. The number of furan rings is 1. The molecule has 0 N–H and O–H groups in total. The van der Waals surface area contributed by atoms with Gasteiger partial charge in [-0.25, -0.2) is 4.98 Å². The van der Waals surface area contributed by atoms with Crippen molar-refractivity contribution in [2.24, 2.45) is 0 Å². The van der Waals surface area contributed by atoms with Crippen molar-refractivity contribution < 1.29 is 4.42 Å². The Kier molecular flexibility index (Phi) is 5.20. The Morgan fingerprint density at radius 2 is 0.930 bits per heavy atom. The van der Waals surface area contributed by atoms with Gasteiger partial charge < -0.3 is 4.42 Å². The van der Waals surface area contributed by atoms with Crippen molar-refractivity contribution in [2.75, 3.05) is 0 Å². The summed E-state index contributed by atoms with van der Waals surface area (Å²) in [6.07, 6.45) is 1.90. The summed E-state index contributed by atoms with van der Waals surface area (Å²) in [5, 5.41) is 6.93. The van der Waals surface area contributed by atoms with E-state index in [9.17, 15) is 0 Å². The minimum Gasteiger partial charge on any atom is -0.456 e. The molecule has 0 saturated heterocycles. The Hall–Kier alpha value is -5.80. The van der Waals surface area contributed by atoms with E-state index in [2.05, 4.69) is 127 Å². The summed E-state index contributed by atoms with van der Waals surface area (Å²) >= 11 is 0. The van der Waals surface area contributed by atoms with Gasteiger partial charge in [0.05, 0.1) is 22.9 Å². The van der Waals surface area contributed by atoms with Crippen molar-refractivity contribution in [3.05, 3.63) is 146 Å². The molecule has 2 heterocycles. The third-order valence-corrected chi connectivity index (χ3v) is 8.53. The zero-order valence-electron chi connectivity index (χ0n) is 23.2. The minimum atomic E-state index is 0.866. The van der Waals surface area contributed by atoms with Gasteiger partial charge in [-0.2, -0.15) is 0 Å². The van der Waals surface area contributed by atoms with Crippen LogP contribution < -0.4 is 0 Å². The van der Waals surface area contributed by atoms with Crippen molar-refractivity contribution in [1.29, 1.82) is 0 Å². The molecule has 0 aliphatic heterocycles. The van der Waals surface area contributed by atoms with Crippen LogP contribution in [0.15, 0.2) is 150 Å². The normalized spacial score (nSPS) is 11.7. The molecule has 7 aromatic carbocycles. The maximum Gasteiger partial charge on any atom is 0.135 e. The summed E-state index contributed by atoms with van der Waals surface area (Å²) in [6, 6.07) is 48.9. The van der Waals surface area contributed by atoms with Crippen LogP contribution >= 0.6 is 0 Å². The highest BCUT2D eigenvalue weighted by molar-refractivity contribution is 6.23. The number of para-hydroxylation sites is 1. The molecular formula is C40H24N2O. The molecule has 0 radical (unpaired) electrons. The Labute approximate surface area is 247 Å². The van der Waals surface area contributed by atoms with Gasteiger partial charge in [-0.15, -0.1) is 0 Å². The monoisotopic (exact) mass is 548 g/mol. The zero-order chi connectivity index (χ0) is 28.3. The quantitative estimate of drug-likeness (QED) is 0.206. The summed E-state index contributed by atoms with van der Waals surface area (Å²) in [5.41, 5.74) is 10.3. The highest BCUT2D eigenvalue weighted by Gasteiger charge is 2.14. The molecule has 0 unspecified atom stereocenters. The lowest BCUT2D eigenvalue weighted by Crippen LogP contribution is -1.92. The topological polar surface area (TPSA) is 38.9 Å². The predicted molar refractivity (Wildman–Crippen MR) is 178 cm³/mol. The van der Waals surface area contributed by atoms with Crippen LogP contribution in [0.3, 0.4) is 0 Å². The number of fused-ring (bicyclic) bond motifs is 9. The van der Waals surface area contributed by atoms with Gasteiger partial charge in [0.25, 0.3) is 0 Å². The van der Waals surface area contributed by atoms with Crippen LogP contribution in [0, 0.1) is 0 Å². The molecule has 0 amide bonds. The Morgan fingerprint density at radius 3 is 1.67 bits per heavy atom. The van der Waals surface area contributed by atoms with Crippen LogP contribution in [0.4, 0.5) is 0 Å². The molecule has 43 heavy (non-hydrogen) atoms. The molecule has 200 valence electrons. The molecule has 3 heteroatoms. The number of benzene rings is 7. The maximum atomic E-state index is 6.07. The highest BCUT2D eigenvalue weighted by atomic mass is 16.3. The van der Waals surface area contributed by atoms with E-state index in [4.69, 9.17) is 14.4 Å². The van der Waals surface area contributed by atoms with Crippen molar-refractivity contribution in [1.82, 2.24) is 9.97 Å². The molecule has 0 spiro atoms. The lowest BCUT2D eigenvalue weighted by Gasteiger charge is -2.12. The fourth-order valence-electron chi connectivity index (χ4n) is 6.46. The largest absolute Gasteiger partial charge is 0.456 e. The van der Waals surface area contributed by atoms with Gasteiger partial charge in [0.1, 0.15) is 11.2 Å². The van der Waals surface area contributed by atoms with E-state index in [1.54, 1.807) is 0 Å². The first kappa shape index (κ1) is 23.9. The third-order valence-electron chi connectivity index (χ3n) is 8.53. The van der Waals surface area contributed by atoms with Gasteiger partial charge in [-0.1, -0.05) is 121 Å². The summed E-state index contributed by atoms with van der Waals surface area (Å²) in [6.45, 7) is 0. The van der Waals surface area contributed by atoms with E-state index < -0.39 is 0 Å². The van der Waals surface area contributed by atoms with Crippen LogP contribution in [0.2, 0.25) is 0 Å². The first-order valence-electron chi connectivity index (χ1n) is 14.5. The second-order valence-electron chi connectivity index (χ2n) is 11.0. The van der Waals surface area contributed by atoms with Gasteiger partial charge in [0, 0.05) is 27.1 Å². The molecule has 0 fully saturated rings. The van der Waals surface area contributed by atoms with E-state index in [0.717, 1.165) is 60.6 Å². The Morgan fingerprint density at radius 1 is 0.395 bits per heavy atom. The van der Waals surface area contributed by atoms with Gasteiger partial charge in [0.15, 0.2) is 0 Å². The molecule has 9 rings (SSSR count). The number of hydrogen-bond donors (Lipinski definition) is 0. The smallest absolute Gasteiger partial charge is 0.135 e. The van der Waals surface area contributed by atoms with E-state index >= 15 is 0 Å². The standard InChI is InChI=1S/C40H24N2O/c1-2-10-29(27-21-22-38-35(23-27)32-13-7-8-16-37(32)43-38)28(9-1)25-17-19-26(20-18-25)36-24-41-39-33-14-5-3-11-30(33)31-12-4-6-15-34(31)40(39)42-36/h1-24H. The lowest BCUT2D eigenvalue weighted by molar-refractivity contribution is 0.669. The second kappa shape index (κ2) is 9.37. The minimum absolute atomic E-state index is 0.866. The number of nitrogens with zero attached hydrogens (tertiary/aromatic N) is 2. The molecule has 9 aromatic rings. The average Bonchev–Trinajstić information content (AvgIpc) is 3.46. The van der Waals surface area contributed by atoms with E-state index in [-0.39, 0.29) is 0 Å². The molecule has 2 aromatic heterocycles. The average molecular weight is 549 g/mol. The van der Waals surface area contributed by atoms with Crippen LogP contribution in [0.5, 0.6) is 0 Å². The lowest BCUT2D eigenvalue weighted by atomic mass is 9.93. The summed E-state index contributed by atoms with van der Waals surface area (Å²) in [7, 11) is 0. The van der Waals surface area contributed by atoms with E-state index in [0.29, 0.717) is 0 Å². The van der Waals surface area contributed by atoms with Crippen LogP contribution in [-0.2, 0) is 0 Å². The van der Waals surface area contributed by atoms with Gasteiger partial charge in [0.2, 0.25) is 0 Å². The van der Waals surface area contributed by atoms with Crippen LogP contribution in [-0.4, -0.2) is 9.97 Å². The number of hydrogen-bond acceptors (Lipinski definition) is 3. The van der Waals surface area contributed by atoms with Gasteiger partial charge in [-0.3, -0.25) is 4.98 Å². The summed E-state index contributed by atoms with van der Waals surface area (Å²) in [5.74, 6) is 0. The number of rotatable bonds is 3. The van der Waals surface area contributed by atoms with E-state index in [1.807, 2.05) is 18.3 Å². The van der Waals surface area contributed by atoms with Crippen molar-refractivity contribution >= 4 is 54.5 Å². The molecule has 3 nitrogen and oxygen atoms in total. The number of aromatic nitrogens is 2. The molecular weight excluding hydrogens is 524 g/mol. The van der Waals surface area contributed by atoms with Crippen LogP contribution in [0.1, 0.15) is 0 Å². The first-order chi connectivity index (χ1) is 21.3. The molecule has 0 atom stereocenters. The van der Waals surface area contributed by atoms with E-state index in [1.165, 1.54) is 27.5 Å². The third kappa shape index (κ3) is 3.75. The first-order valence-corrected chi connectivity index (χ1v) is 14.5. The molecule has 0 aliphatic rings. The SMILES string of the molecule is c1ccc(-c2ccc3oc4ccccc4c3c2)c(-c2ccc(-c3cnc4c5ccccc5c5ccccc5c4n3)cc2)c1. The van der Waals surface area contributed by atoms with Crippen molar-refractivity contribution in [3.8, 4) is 33.5 Å². The van der Waals surface area contributed by atoms with Gasteiger partial charge in [-0.05, 0) is 51.2 Å². The Bertz CT molecular complexity index is 2470. The second-order valence-corrected chi connectivity index (χ2v) is 11.0. The highest BCUT2D eigenvalue weighted by Crippen LogP contribution is 2.38. The summed E-state index contributed by atoms with van der Waals surface area (Å²) in [4.78, 5) is 10.1. The van der Waals surface area contributed by atoms with Crippen molar-refractivity contribution in [3.63, 3.8) is 0 Å². The molecule has 0 bridgehead atoms. The van der Waals surface area contributed by atoms with Gasteiger partial charge >= 0.3 is 0 Å². The Balaban J connectivity index is 1.14. The molecule has 0 aliphatic carbocycles. The molecule has 0 saturated carbocycles. The summed E-state index contributed by atoms with van der Waals surface area (Å²) < 4.78 is 6.07. The fourth-order valence-corrected chi connectivity index (χ4v) is 6.46. The van der Waals surface area contributed by atoms with Crippen molar-refractivity contribution in [2.45, 2.75) is 0 Å². The predicted octanol–water partition coefficient (Wildman–Crippen LogP) is 10.8. The van der Waals surface area contributed by atoms with Crippen LogP contribution in [0.25, 0.3) is 88.0 Å². The maximum absolute atomic E-state index is 6.07.